The maximum atomic E-state index is 9.18. The van der Waals surface area contributed by atoms with Gasteiger partial charge in [-0.2, -0.15) is 11.8 Å². The summed E-state index contributed by atoms with van der Waals surface area (Å²) in [6.07, 6.45) is -0.605. The molecule has 0 aliphatic heterocycles. The summed E-state index contributed by atoms with van der Waals surface area (Å²) in [5, 5.41) is 18.2. The quantitative estimate of drug-likeness (QED) is 0.782. The first kappa shape index (κ1) is 11.6. The molecule has 2 atom stereocenters. The molecule has 3 heteroatoms. The van der Waals surface area contributed by atoms with Crippen LogP contribution in [0, 0.1) is 0 Å². The minimum Gasteiger partial charge on any atom is -0.394 e. The van der Waals surface area contributed by atoms with Gasteiger partial charge in [0.2, 0.25) is 0 Å². The van der Waals surface area contributed by atoms with E-state index in [1.54, 1.807) is 11.8 Å². The Morgan fingerprint density at radius 3 is 2.50 bits per heavy atom. The zero-order valence-corrected chi connectivity index (χ0v) is 9.07. The molecule has 1 aromatic carbocycles. The first-order valence-electron chi connectivity index (χ1n) is 4.69. The van der Waals surface area contributed by atoms with Gasteiger partial charge in [-0.1, -0.05) is 30.3 Å². The van der Waals surface area contributed by atoms with Gasteiger partial charge < -0.3 is 10.2 Å². The fourth-order valence-corrected chi connectivity index (χ4v) is 2.09. The lowest BCUT2D eigenvalue weighted by atomic mass is 10.2. The van der Waals surface area contributed by atoms with Gasteiger partial charge in [-0.05, 0) is 12.5 Å². The van der Waals surface area contributed by atoms with Gasteiger partial charge in [-0.15, -0.1) is 0 Å². The van der Waals surface area contributed by atoms with E-state index in [0.717, 1.165) is 0 Å². The summed E-state index contributed by atoms with van der Waals surface area (Å²) in [6.45, 7) is 1.94. The second-order valence-corrected chi connectivity index (χ2v) is 4.60. The van der Waals surface area contributed by atoms with E-state index in [4.69, 9.17) is 5.11 Å². The monoisotopic (exact) mass is 212 g/mol. The molecular formula is C11H16O2S. The molecule has 0 aliphatic carbocycles. The highest BCUT2D eigenvalue weighted by molar-refractivity contribution is 7.99. The maximum Gasteiger partial charge on any atom is 0.0861 e. The molecule has 0 bridgehead atoms. The van der Waals surface area contributed by atoms with Crippen LogP contribution in [0.25, 0.3) is 0 Å². The average molecular weight is 212 g/mol. The van der Waals surface area contributed by atoms with Crippen LogP contribution in [0.4, 0.5) is 0 Å². The zero-order chi connectivity index (χ0) is 10.4. The minimum atomic E-state index is -0.605. The number of benzene rings is 1. The van der Waals surface area contributed by atoms with E-state index in [0.29, 0.717) is 11.0 Å². The van der Waals surface area contributed by atoms with Crippen molar-refractivity contribution >= 4 is 11.8 Å². The van der Waals surface area contributed by atoms with E-state index >= 15 is 0 Å². The molecule has 78 valence electrons. The maximum absolute atomic E-state index is 9.18. The van der Waals surface area contributed by atoms with Crippen LogP contribution < -0.4 is 0 Å². The van der Waals surface area contributed by atoms with Crippen molar-refractivity contribution in [1.82, 2.24) is 0 Å². The number of hydrogen-bond donors (Lipinski definition) is 2. The van der Waals surface area contributed by atoms with Crippen LogP contribution in [0.1, 0.15) is 17.7 Å². The van der Waals surface area contributed by atoms with E-state index in [1.165, 1.54) is 5.56 Å². The van der Waals surface area contributed by atoms with Crippen molar-refractivity contribution in [2.45, 2.75) is 18.3 Å². The normalized spacial score (nSPS) is 15.1. The van der Waals surface area contributed by atoms with Crippen molar-refractivity contribution in [2.75, 3.05) is 12.4 Å². The highest BCUT2D eigenvalue weighted by Crippen LogP contribution is 2.27. The Balaban J connectivity index is 2.39. The van der Waals surface area contributed by atoms with E-state index in [1.807, 2.05) is 18.2 Å². The van der Waals surface area contributed by atoms with Crippen LogP contribution >= 0.6 is 11.8 Å². The molecule has 0 saturated heterocycles. The summed E-state index contributed by atoms with van der Waals surface area (Å²) in [5.74, 6) is 0.576. The van der Waals surface area contributed by atoms with Gasteiger partial charge in [-0.3, -0.25) is 0 Å². The Kier molecular flexibility index (Phi) is 5.01. The van der Waals surface area contributed by atoms with Crippen molar-refractivity contribution in [3.05, 3.63) is 35.9 Å². The Morgan fingerprint density at radius 1 is 1.29 bits per heavy atom. The third-order valence-electron chi connectivity index (χ3n) is 2.02. The number of thioether (sulfide) groups is 1. The minimum absolute atomic E-state index is 0.158. The Labute approximate surface area is 89.0 Å². The molecule has 0 spiro atoms. The third-order valence-corrected chi connectivity index (χ3v) is 3.37. The van der Waals surface area contributed by atoms with E-state index < -0.39 is 6.10 Å². The first-order valence-corrected chi connectivity index (χ1v) is 5.74. The van der Waals surface area contributed by atoms with E-state index in [2.05, 4.69) is 19.1 Å². The van der Waals surface area contributed by atoms with Gasteiger partial charge >= 0.3 is 0 Å². The van der Waals surface area contributed by atoms with Gasteiger partial charge in [-0.25, -0.2) is 0 Å². The molecule has 0 saturated carbocycles. The van der Waals surface area contributed by atoms with Gasteiger partial charge in [0.25, 0.3) is 0 Å². The van der Waals surface area contributed by atoms with E-state index in [-0.39, 0.29) is 6.61 Å². The molecular weight excluding hydrogens is 196 g/mol. The largest absolute Gasteiger partial charge is 0.394 e. The predicted octanol–water partition coefficient (Wildman–Crippen LogP) is 1.83. The second kappa shape index (κ2) is 6.06. The molecule has 2 unspecified atom stereocenters. The topological polar surface area (TPSA) is 40.5 Å². The summed E-state index contributed by atoms with van der Waals surface area (Å²) < 4.78 is 0. The smallest absolute Gasteiger partial charge is 0.0861 e. The fourth-order valence-electron chi connectivity index (χ4n) is 1.13. The fraction of sp³-hybridized carbons (Fsp3) is 0.455. The molecule has 1 aromatic rings. The van der Waals surface area contributed by atoms with Crippen molar-refractivity contribution in [3.63, 3.8) is 0 Å². The lowest BCUT2D eigenvalue weighted by Crippen LogP contribution is -2.15. The molecule has 0 heterocycles. The SMILES string of the molecule is CC(SCC(O)CO)c1ccccc1. The molecule has 0 radical (unpaired) electrons. The number of hydrogen-bond acceptors (Lipinski definition) is 3. The lowest BCUT2D eigenvalue weighted by Gasteiger charge is -2.13. The van der Waals surface area contributed by atoms with Crippen LogP contribution in [0.5, 0.6) is 0 Å². The van der Waals surface area contributed by atoms with Crippen LogP contribution in [0.15, 0.2) is 30.3 Å². The van der Waals surface area contributed by atoms with Crippen molar-refractivity contribution in [1.29, 1.82) is 0 Å². The van der Waals surface area contributed by atoms with Crippen molar-refractivity contribution in [3.8, 4) is 0 Å². The first-order chi connectivity index (χ1) is 6.74. The van der Waals surface area contributed by atoms with Gasteiger partial charge in [0.1, 0.15) is 0 Å². The summed E-state index contributed by atoms with van der Waals surface area (Å²) >= 11 is 1.65. The van der Waals surface area contributed by atoms with Gasteiger partial charge in [0.05, 0.1) is 12.7 Å². The van der Waals surface area contributed by atoms with Gasteiger partial charge in [0.15, 0.2) is 0 Å². The Hall–Kier alpha value is -0.510. The summed E-state index contributed by atoms with van der Waals surface area (Å²) in [4.78, 5) is 0. The average Bonchev–Trinajstić information content (AvgIpc) is 2.26. The highest BCUT2D eigenvalue weighted by Gasteiger charge is 2.08. The highest BCUT2D eigenvalue weighted by atomic mass is 32.2. The van der Waals surface area contributed by atoms with Crippen LogP contribution in [0.2, 0.25) is 0 Å². The summed E-state index contributed by atoms with van der Waals surface area (Å²) in [5.41, 5.74) is 1.25. The zero-order valence-electron chi connectivity index (χ0n) is 8.26. The molecule has 0 aromatic heterocycles. The van der Waals surface area contributed by atoms with Crippen molar-refractivity contribution < 1.29 is 10.2 Å². The van der Waals surface area contributed by atoms with Crippen LogP contribution in [0.3, 0.4) is 0 Å². The van der Waals surface area contributed by atoms with Crippen LogP contribution in [-0.2, 0) is 0 Å². The van der Waals surface area contributed by atoms with Crippen LogP contribution in [-0.4, -0.2) is 28.7 Å². The number of rotatable bonds is 5. The number of aliphatic hydroxyl groups excluding tert-OH is 2. The predicted molar refractivity (Wildman–Crippen MR) is 60.4 cm³/mol. The molecule has 14 heavy (non-hydrogen) atoms. The standard InChI is InChI=1S/C11H16O2S/c1-9(14-8-11(13)7-12)10-5-3-2-4-6-10/h2-6,9,11-13H,7-8H2,1H3. The third kappa shape index (κ3) is 3.70. The second-order valence-electron chi connectivity index (χ2n) is 3.22. The molecule has 0 amide bonds. The Bertz CT molecular complexity index is 251. The molecule has 0 fully saturated rings. The van der Waals surface area contributed by atoms with Gasteiger partial charge in [0, 0.05) is 11.0 Å². The Morgan fingerprint density at radius 2 is 1.93 bits per heavy atom. The molecule has 2 N–H and O–H groups in total. The molecule has 1 rings (SSSR count). The van der Waals surface area contributed by atoms with Crippen molar-refractivity contribution in [2.24, 2.45) is 0 Å². The summed E-state index contributed by atoms with van der Waals surface area (Å²) in [6, 6.07) is 10.2. The van der Waals surface area contributed by atoms with E-state index in [9.17, 15) is 5.11 Å². The molecule has 0 aliphatic rings. The lowest BCUT2D eigenvalue weighted by molar-refractivity contribution is 0.113. The summed E-state index contributed by atoms with van der Waals surface area (Å²) in [7, 11) is 0. The number of aliphatic hydroxyl groups is 2. The molecule has 2 nitrogen and oxygen atoms in total.